The molecule has 0 saturated heterocycles. The summed E-state index contributed by atoms with van der Waals surface area (Å²) >= 11 is 0. The highest BCUT2D eigenvalue weighted by molar-refractivity contribution is 5.96. The van der Waals surface area contributed by atoms with Gasteiger partial charge in [0.05, 0.1) is 11.6 Å². The van der Waals surface area contributed by atoms with Gasteiger partial charge in [-0.25, -0.2) is 4.39 Å². The maximum atomic E-state index is 13.5. The molecule has 0 aliphatic heterocycles. The SMILES string of the molecule is O=C(COC(=O)CNC(=O)c1ccccc1F)N[C@H]1CCCc2ccccc21. The first-order valence-corrected chi connectivity index (χ1v) is 9.10. The third-order valence-electron chi connectivity index (χ3n) is 4.58. The molecule has 0 fully saturated rings. The Hall–Kier alpha value is -3.22. The Balaban J connectivity index is 1.43. The van der Waals surface area contributed by atoms with Gasteiger partial charge < -0.3 is 15.4 Å². The quantitative estimate of drug-likeness (QED) is 0.749. The van der Waals surface area contributed by atoms with Gasteiger partial charge in [-0.2, -0.15) is 0 Å². The van der Waals surface area contributed by atoms with Crippen molar-refractivity contribution in [1.29, 1.82) is 0 Å². The molecule has 0 bridgehead atoms. The van der Waals surface area contributed by atoms with Crippen molar-refractivity contribution in [3.8, 4) is 0 Å². The normalized spacial score (nSPS) is 15.2. The third-order valence-corrected chi connectivity index (χ3v) is 4.58. The van der Waals surface area contributed by atoms with Gasteiger partial charge in [0.15, 0.2) is 6.61 Å². The number of benzene rings is 2. The van der Waals surface area contributed by atoms with E-state index in [0.29, 0.717) is 0 Å². The summed E-state index contributed by atoms with van der Waals surface area (Å²) in [7, 11) is 0. The van der Waals surface area contributed by atoms with Crippen LogP contribution in [-0.2, 0) is 20.7 Å². The van der Waals surface area contributed by atoms with Crippen molar-refractivity contribution >= 4 is 17.8 Å². The lowest BCUT2D eigenvalue weighted by Gasteiger charge is -2.26. The van der Waals surface area contributed by atoms with E-state index in [1.54, 1.807) is 0 Å². The maximum absolute atomic E-state index is 13.5. The van der Waals surface area contributed by atoms with Gasteiger partial charge in [-0.1, -0.05) is 36.4 Å². The molecule has 2 amide bonds. The minimum Gasteiger partial charge on any atom is -0.454 e. The van der Waals surface area contributed by atoms with Crippen molar-refractivity contribution in [1.82, 2.24) is 10.6 Å². The molecule has 1 aliphatic carbocycles. The van der Waals surface area contributed by atoms with Crippen LogP contribution in [0.1, 0.15) is 40.4 Å². The molecule has 3 rings (SSSR count). The molecule has 0 saturated carbocycles. The predicted octanol–water partition coefficient (Wildman–Crippen LogP) is 2.29. The number of amides is 2. The molecule has 146 valence electrons. The number of ether oxygens (including phenoxy) is 1. The van der Waals surface area contributed by atoms with Crippen LogP contribution in [0.3, 0.4) is 0 Å². The third kappa shape index (κ3) is 4.94. The second-order valence-corrected chi connectivity index (χ2v) is 6.53. The van der Waals surface area contributed by atoms with E-state index in [2.05, 4.69) is 10.6 Å². The van der Waals surface area contributed by atoms with Crippen molar-refractivity contribution < 1.29 is 23.5 Å². The highest BCUT2D eigenvalue weighted by Crippen LogP contribution is 2.29. The van der Waals surface area contributed by atoms with Gasteiger partial charge in [-0.05, 0) is 42.5 Å². The summed E-state index contributed by atoms with van der Waals surface area (Å²) in [5.41, 5.74) is 2.14. The summed E-state index contributed by atoms with van der Waals surface area (Å²) < 4.78 is 18.4. The number of nitrogens with one attached hydrogen (secondary N) is 2. The molecule has 0 heterocycles. The number of aryl methyl sites for hydroxylation is 1. The van der Waals surface area contributed by atoms with E-state index in [1.807, 2.05) is 24.3 Å². The fourth-order valence-corrected chi connectivity index (χ4v) is 3.23. The molecule has 0 unspecified atom stereocenters. The molecule has 2 aromatic rings. The zero-order chi connectivity index (χ0) is 19.9. The highest BCUT2D eigenvalue weighted by atomic mass is 19.1. The molecule has 2 aromatic carbocycles. The van der Waals surface area contributed by atoms with Crippen LogP contribution in [0.2, 0.25) is 0 Å². The first-order valence-electron chi connectivity index (χ1n) is 9.10. The standard InChI is InChI=1S/C21H21FN2O4/c22-17-10-4-3-9-16(17)21(27)23-12-20(26)28-13-19(25)24-18-11-5-7-14-6-1-2-8-15(14)18/h1-4,6,8-10,18H,5,7,11-13H2,(H,23,27)(H,24,25)/t18-/m0/s1. The summed E-state index contributed by atoms with van der Waals surface area (Å²) in [6.45, 7) is -0.889. The molecule has 0 radical (unpaired) electrons. The largest absolute Gasteiger partial charge is 0.454 e. The zero-order valence-corrected chi connectivity index (χ0v) is 15.2. The molecule has 0 aromatic heterocycles. The Morgan fingerprint density at radius 2 is 1.82 bits per heavy atom. The lowest BCUT2D eigenvalue weighted by atomic mass is 9.88. The summed E-state index contributed by atoms with van der Waals surface area (Å²) in [6.07, 6.45) is 2.79. The van der Waals surface area contributed by atoms with Crippen LogP contribution < -0.4 is 10.6 Å². The molecule has 28 heavy (non-hydrogen) atoms. The number of esters is 1. The fourth-order valence-electron chi connectivity index (χ4n) is 3.23. The molecular weight excluding hydrogens is 363 g/mol. The highest BCUT2D eigenvalue weighted by Gasteiger charge is 2.22. The summed E-state index contributed by atoms with van der Waals surface area (Å²) in [6, 6.07) is 13.3. The summed E-state index contributed by atoms with van der Waals surface area (Å²) in [5, 5.41) is 5.15. The van der Waals surface area contributed by atoms with Crippen LogP contribution in [0.5, 0.6) is 0 Å². The zero-order valence-electron chi connectivity index (χ0n) is 15.2. The van der Waals surface area contributed by atoms with Gasteiger partial charge in [-0.3, -0.25) is 14.4 Å². The van der Waals surface area contributed by atoms with Gasteiger partial charge in [-0.15, -0.1) is 0 Å². The molecular formula is C21H21FN2O4. The Morgan fingerprint density at radius 3 is 2.64 bits per heavy atom. The van der Waals surface area contributed by atoms with E-state index in [-0.39, 0.29) is 11.6 Å². The second-order valence-electron chi connectivity index (χ2n) is 6.53. The predicted molar refractivity (Wildman–Crippen MR) is 100.0 cm³/mol. The molecule has 7 heteroatoms. The van der Waals surface area contributed by atoms with Crippen LogP contribution in [0.15, 0.2) is 48.5 Å². The minimum absolute atomic E-state index is 0.100. The average Bonchev–Trinajstić information content (AvgIpc) is 2.71. The second kappa shape index (κ2) is 9.12. The minimum atomic E-state index is -0.774. The Morgan fingerprint density at radius 1 is 1.07 bits per heavy atom. The van der Waals surface area contributed by atoms with Gasteiger partial charge in [0.2, 0.25) is 0 Å². The molecule has 6 nitrogen and oxygen atoms in total. The lowest BCUT2D eigenvalue weighted by Crippen LogP contribution is -2.36. The number of hydrogen-bond acceptors (Lipinski definition) is 4. The molecule has 1 atom stereocenters. The Bertz CT molecular complexity index is 884. The van der Waals surface area contributed by atoms with E-state index in [1.165, 1.54) is 23.8 Å². The van der Waals surface area contributed by atoms with E-state index < -0.39 is 36.8 Å². The van der Waals surface area contributed by atoms with Gasteiger partial charge in [0.25, 0.3) is 11.8 Å². The lowest BCUT2D eigenvalue weighted by molar-refractivity contribution is -0.147. The van der Waals surface area contributed by atoms with Crippen molar-refractivity contribution in [3.63, 3.8) is 0 Å². The smallest absolute Gasteiger partial charge is 0.325 e. The fraction of sp³-hybridized carbons (Fsp3) is 0.286. The van der Waals surface area contributed by atoms with Crippen molar-refractivity contribution in [2.24, 2.45) is 0 Å². The van der Waals surface area contributed by atoms with Crippen molar-refractivity contribution in [2.45, 2.75) is 25.3 Å². The number of halogens is 1. The summed E-state index contributed by atoms with van der Waals surface area (Å²) in [4.78, 5) is 35.7. The molecule has 1 aliphatic rings. The van der Waals surface area contributed by atoms with E-state index in [0.717, 1.165) is 30.9 Å². The summed E-state index contributed by atoms with van der Waals surface area (Å²) in [5.74, 6) is -2.59. The van der Waals surface area contributed by atoms with E-state index >= 15 is 0 Å². The first kappa shape index (κ1) is 19.5. The number of hydrogen-bond donors (Lipinski definition) is 2. The Labute approximate surface area is 162 Å². The van der Waals surface area contributed by atoms with Gasteiger partial charge >= 0.3 is 5.97 Å². The number of fused-ring (bicyclic) bond motifs is 1. The van der Waals surface area contributed by atoms with Gasteiger partial charge in [0, 0.05) is 0 Å². The number of carbonyl (C=O) groups excluding carboxylic acids is 3. The number of carbonyl (C=O) groups is 3. The topological polar surface area (TPSA) is 84.5 Å². The Kier molecular flexibility index (Phi) is 6.37. The average molecular weight is 384 g/mol. The van der Waals surface area contributed by atoms with E-state index in [4.69, 9.17) is 4.74 Å². The van der Waals surface area contributed by atoms with Crippen LogP contribution in [0.25, 0.3) is 0 Å². The molecule has 0 spiro atoms. The van der Waals surface area contributed by atoms with Crippen molar-refractivity contribution in [2.75, 3.05) is 13.2 Å². The van der Waals surface area contributed by atoms with Crippen LogP contribution in [-0.4, -0.2) is 30.9 Å². The first-order chi connectivity index (χ1) is 13.5. The monoisotopic (exact) mass is 384 g/mol. The molecule has 2 N–H and O–H groups in total. The van der Waals surface area contributed by atoms with Gasteiger partial charge in [0.1, 0.15) is 12.4 Å². The van der Waals surface area contributed by atoms with Crippen LogP contribution in [0.4, 0.5) is 4.39 Å². The number of rotatable bonds is 6. The van der Waals surface area contributed by atoms with Crippen molar-refractivity contribution in [3.05, 3.63) is 71.0 Å². The van der Waals surface area contributed by atoms with Crippen LogP contribution >= 0.6 is 0 Å². The van der Waals surface area contributed by atoms with Crippen LogP contribution in [0, 0.1) is 5.82 Å². The maximum Gasteiger partial charge on any atom is 0.325 e. The van der Waals surface area contributed by atoms with E-state index in [9.17, 15) is 18.8 Å².